The average molecular weight is 473 g/mol. The molecule has 0 heterocycles. The minimum Gasteiger partial charge on any atom is -0.494 e. The van der Waals surface area contributed by atoms with Crippen LogP contribution in [0.2, 0.25) is 0 Å². The number of ether oxygens (including phenoxy) is 1. The number of hydrogen-bond acceptors (Lipinski definition) is 6. The van der Waals surface area contributed by atoms with E-state index in [1.54, 1.807) is 60.7 Å². The normalized spacial score (nSPS) is 11.2. The molecular formula is C26H24N4O5. The maximum Gasteiger partial charge on any atom is 0.287 e. The summed E-state index contributed by atoms with van der Waals surface area (Å²) in [5.74, 6) is -0.426. The zero-order valence-electron chi connectivity index (χ0n) is 19.0. The van der Waals surface area contributed by atoms with Gasteiger partial charge in [0.1, 0.15) is 11.4 Å². The van der Waals surface area contributed by atoms with Crippen molar-refractivity contribution in [3.63, 3.8) is 0 Å². The van der Waals surface area contributed by atoms with Crippen molar-refractivity contribution in [3.8, 4) is 5.75 Å². The summed E-state index contributed by atoms with van der Waals surface area (Å²) in [7, 11) is 0. The molecule has 0 fully saturated rings. The third kappa shape index (κ3) is 7.64. The second-order valence-electron chi connectivity index (χ2n) is 7.35. The highest BCUT2D eigenvalue weighted by Crippen LogP contribution is 2.15. The van der Waals surface area contributed by atoms with Gasteiger partial charge in [-0.15, -0.1) is 0 Å². The van der Waals surface area contributed by atoms with E-state index < -0.39 is 16.7 Å². The van der Waals surface area contributed by atoms with Gasteiger partial charge in [0.2, 0.25) is 0 Å². The Morgan fingerprint density at radius 2 is 1.74 bits per heavy atom. The number of hydrogen-bond donors (Lipinski definition) is 2. The average Bonchev–Trinajstić information content (AvgIpc) is 2.88. The summed E-state index contributed by atoms with van der Waals surface area (Å²) in [6.45, 7) is 2.61. The Hall–Kier alpha value is -4.79. The van der Waals surface area contributed by atoms with Gasteiger partial charge >= 0.3 is 0 Å². The Labute approximate surface area is 202 Å². The van der Waals surface area contributed by atoms with Crippen LogP contribution in [0.1, 0.15) is 34.8 Å². The highest BCUT2D eigenvalue weighted by Gasteiger charge is 2.14. The maximum atomic E-state index is 12.8. The molecule has 9 nitrogen and oxygen atoms in total. The van der Waals surface area contributed by atoms with Crippen LogP contribution < -0.4 is 15.5 Å². The lowest BCUT2D eigenvalue weighted by Crippen LogP contribution is -2.32. The van der Waals surface area contributed by atoms with Crippen molar-refractivity contribution < 1.29 is 19.2 Å². The van der Waals surface area contributed by atoms with Crippen molar-refractivity contribution in [1.82, 2.24) is 10.7 Å². The minimum atomic E-state index is -0.665. The van der Waals surface area contributed by atoms with Crippen LogP contribution in [-0.2, 0) is 4.79 Å². The largest absolute Gasteiger partial charge is 0.494 e. The molecule has 0 radical (unpaired) electrons. The van der Waals surface area contributed by atoms with Gasteiger partial charge in [-0.25, -0.2) is 5.43 Å². The molecule has 0 saturated carbocycles. The fourth-order valence-corrected chi connectivity index (χ4v) is 2.93. The molecule has 9 heteroatoms. The van der Waals surface area contributed by atoms with Crippen LogP contribution in [0.3, 0.4) is 0 Å². The summed E-state index contributed by atoms with van der Waals surface area (Å²) in [6.07, 6.45) is 3.68. The molecule has 3 rings (SSSR count). The van der Waals surface area contributed by atoms with Crippen molar-refractivity contribution >= 4 is 29.8 Å². The van der Waals surface area contributed by atoms with Gasteiger partial charge in [0.25, 0.3) is 17.5 Å². The van der Waals surface area contributed by atoms with Crippen LogP contribution >= 0.6 is 0 Å². The predicted octanol–water partition coefficient (Wildman–Crippen LogP) is 4.30. The summed E-state index contributed by atoms with van der Waals surface area (Å²) < 4.78 is 5.57. The molecular weight excluding hydrogens is 448 g/mol. The first-order valence-corrected chi connectivity index (χ1v) is 10.8. The van der Waals surface area contributed by atoms with Crippen molar-refractivity contribution in [2.24, 2.45) is 5.10 Å². The van der Waals surface area contributed by atoms with Crippen LogP contribution in [0.15, 0.2) is 89.7 Å². The molecule has 3 aromatic rings. The second-order valence-corrected chi connectivity index (χ2v) is 7.35. The Balaban J connectivity index is 1.79. The number of nitro benzene ring substituents is 1. The van der Waals surface area contributed by atoms with Gasteiger partial charge in [0.05, 0.1) is 17.7 Å². The van der Waals surface area contributed by atoms with Gasteiger partial charge < -0.3 is 10.1 Å². The molecule has 2 amide bonds. The Morgan fingerprint density at radius 1 is 1.00 bits per heavy atom. The van der Waals surface area contributed by atoms with E-state index in [4.69, 9.17) is 4.74 Å². The predicted molar refractivity (Wildman–Crippen MR) is 133 cm³/mol. The van der Waals surface area contributed by atoms with Crippen molar-refractivity contribution in [2.75, 3.05) is 6.61 Å². The third-order valence-corrected chi connectivity index (χ3v) is 4.65. The summed E-state index contributed by atoms with van der Waals surface area (Å²) in [6, 6.07) is 21.4. The van der Waals surface area contributed by atoms with Crippen molar-refractivity contribution in [1.29, 1.82) is 0 Å². The number of nitro groups is 1. The van der Waals surface area contributed by atoms with Gasteiger partial charge in [-0.3, -0.25) is 19.7 Å². The topological polar surface area (TPSA) is 123 Å². The van der Waals surface area contributed by atoms with E-state index in [0.29, 0.717) is 29.0 Å². The molecule has 0 bridgehead atoms. The first-order chi connectivity index (χ1) is 17.0. The quantitative estimate of drug-likeness (QED) is 0.197. The maximum absolute atomic E-state index is 12.8. The highest BCUT2D eigenvalue weighted by molar-refractivity contribution is 6.05. The molecule has 35 heavy (non-hydrogen) atoms. The molecule has 2 N–H and O–H groups in total. The van der Waals surface area contributed by atoms with E-state index >= 15 is 0 Å². The molecule has 0 aliphatic rings. The van der Waals surface area contributed by atoms with Crippen molar-refractivity contribution in [2.45, 2.75) is 13.3 Å². The summed E-state index contributed by atoms with van der Waals surface area (Å²) >= 11 is 0. The van der Waals surface area contributed by atoms with E-state index in [1.807, 2.05) is 6.92 Å². The lowest BCUT2D eigenvalue weighted by Gasteiger charge is -2.10. The van der Waals surface area contributed by atoms with Crippen LogP contribution in [-0.4, -0.2) is 29.6 Å². The van der Waals surface area contributed by atoms with Gasteiger partial charge in [-0.1, -0.05) is 49.4 Å². The molecule has 0 spiro atoms. The molecule has 0 aliphatic carbocycles. The standard InChI is InChI=1S/C26H24N4O5/c1-2-15-35-23-13-11-19(12-14-23)17-24(28-25(31)21-8-4-3-5-9-21)26(32)29-27-18-20-7-6-10-22(16-20)30(33)34/h3-14,16-18H,2,15H2,1H3,(H,28,31)(H,29,32). The van der Waals surface area contributed by atoms with Gasteiger partial charge in [0.15, 0.2) is 0 Å². The summed E-state index contributed by atoms with van der Waals surface area (Å²) in [5, 5.41) is 17.4. The number of rotatable bonds is 10. The number of nitrogens with zero attached hydrogens (tertiary/aromatic N) is 2. The van der Waals surface area contributed by atoms with Crippen LogP contribution in [0, 0.1) is 10.1 Å². The van der Waals surface area contributed by atoms with Crippen molar-refractivity contribution in [3.05, 3.63) is 111 Å². The summed E-state index contributed by atoms with van der Waals surface area (Å²) in [4.78, 5) is 35.9. The number of amides is 2. The van der Waals surface area contributed by atoms with Crippen LogP contribution in [0.25, 0.3) is 6.08 Å². The van der Waals surface area contributed by atoms with Gasteiger partial charge in [0, 0.05) is 23.3 Å². The number of hydrazone groups is 1. The lowest BCUT2D eigenvalue weighted by molar-refractivity contribution is -0.384. The fraction of sp³-hybridized carbons (Fsp3) is 0.115. The molecule has 0 aromatic heterocycles. The SMILES string of the molecule is CCCOc1ccc(C=C(NC(=O)c2ccccc2)C(=O)NN=Cc2cccc([N+](=O)[O-])c2)cc1. The Bertz CT molecular complexity index is 1240. The van der Waals surface area contributed by atoms with E-state index in [9.17, 15) is 19.7 Å². The smallest absolute Gasteiger partial charge is 0.287 e. The number of non-ortho nitro benzene ring substituents is 1. The number of carbonyl (C=O) groups is 2. The fourth-order valence-electron chi connectivity index (χ4n) is 2.93. The zero-order valence-corrected chi connectivity index (χ0v) is 19.0. The molecule has 3 aromatic carbocycles. The number of carbonyl (C=O) groups excluding carboxylic acids is 2. The second kappa shape index (κ2) is 12.4. The monoisotopic (exact) mass is 472 g/mol. The molecule has 178 valence electrons. The highest BCUT2D eigenvalue weighted by atomic mass is 16.6. The van der Waals surface area contributed by atoms with E-state index in [-0.39, 0.29) is 11.4 Å². The first-order valence-electron chi connectivity index (χ1n) is 10.8. The first kappa shape index (κ1) is 24.8. The molecule has 0 unspecified atom stereocenters. The number of nitrogens with one attached hydrogen (secondary N) is 2. The molecule has 0 saturated heterocycles. The zero-order chi connectivity index (χ0) is 25.0. The van der Waals surface area contributed by atoms with E-state index in [1.165, 1.54) is 30.5 Å². The Morgan fingerprint density at radius 3 is 2.43 bits per heavy atom. The van der Waals surface area contributed by atoms with E-state index in [0.717, 1.165) is 6.42 Å². The van der Waals surface area contributed by atoms with E-state index in [2.05, 4.69) is 15.8 Å². The van der Waals surface area contributed by atoms with Gasteiger partial charge in [-0.2, -0.15) is 5.10 Å². The van der Waals surface area contributed by atoms with Crippen LogP contribution in [0.5, 0.6) is 5.75 Å². The Kier molecular flexibility index (Phi) is 8.84. The minimum absolute atomic E-state index is 0.0303. The summed E-state index contributed by atoms with van der Waals surface area (Å²) in [5.41, 5.74) is 3.70. The molecule has 0 aliphatic heterocycles. The lowest BCUT2D eigenvalue weighted by atomic mass is 10.1. The number of benzene rings is 3. The third-order valence-electron chi connectivity index (χ3n) is 4.65. The van der Waals surface area contributed by atoms with Crippen LogP contribution in [0.4, 0.5) is 5.69 Å². The van der Waals surface area contributed by atoms with Gasteiger partial charge in [-0.05, 0) is 42.3 Å². The molecule has 0 atom stereocenters.